The van der Waals surface area contributed by atoms with Gasteiger partial charge in [0.15, 0.2) is 5.78 Å². The summed E-state index contributed by atoms with van der Waals surface area (Å²) >= 11 is 1.39. The molecule has 3 rings (SSSR count). The zero-order valence-corrected chi connectivity index (χ0v) is 17.3. The molecule has 2 amide bonds. The zero-order valence-electron chi connectivity index (χ0n) is 16.4. The first-order valence-electron chi connectivity index (χ1n) is 9.81. The fourth-order valence-corrected chi connectivity index (χ4v) is 4.10. The Hall–Kier alpha value is -2.54. The molecule has 1 aromatic heterocycles. The molecule has 0 bridgehead atoms. The molecule has 1 fully saturated rings. The van der Waals surface area contributed by atoms with Crippen molar-refractivity contribution < 1.29 is 18.8 Å². The van der Waals surface area contributed by atoms with E-state index in [1.165, 1.54) is 17.4 Å². The Morgan fingerprint density at radius 3 is 2.59 bits per heavy atom. The van der Waals surface area contributed by atoms with Gasteiger partial charge in [-0.15, -0.1) is 11.3 Å². The molecule has 0 aliphatic carbocycles. The number of amides is 2. The highest BCUT2D eigenvalue weighted by Crippen LogP contribution is 2.20. The minimum Gasteiger partial charge on any atom is -0.352 e. The molecule has 7 heteroatoms. The van der Waals surface area contributed by atoms with Gasteiger partial charge < -0.3 is 10.2 Å². The van der Waals surface area contributed by atoms with E-state index < -0.39 is 0 Å². The Kier molecular flexibility index (Phi) is 7.14. The predicted molar refractivity (Wildman–Crippen MR) is 110 cm³/mol. The molecular formula is C22H25FN2O3S. The first-order valence-corrected chi connectivity index (χ1v) is 10.7. The Morgan fingerprint density at radius 1 is 1.17 bits per heavy atom. The monoisotopic (exact) mass is 416 g/mol. The molecule has 0 unspecified atom stereocenters. The number of benzene rings is 1. The van der Waals surface area contributed by atoms with Crippen LogP contribution in [0, 0.1) is 18.7 Å². The van der Waals surface area contributed by atoms with Crippen LogP contribution in [0.3, 0.4) is 0 Å². The lowest BCUT2D eigenvalue weighted by molar-refractivity contribution is -0.135. The first kappa shape index (κ1) is 21.2. The summed E-state index contributed by atoms with van der Waals surface area (Å²) in [4.78, 5) is 39.2. The molecule has 154 valence electrons. The van der Waals surface area contributed by atoms with Crippen molar-refractivity contribution in [2.24, 2.45) is 5.92 Å². The van der Waals surface area contributed by atoms with E-state index in [4.69, 9.17) is 0 Å². The van der Waals surface area contributed by atoms with Gasteiger partial charge in [-0.2, -0.15) is 0 Å². The standard InChI is InChI=1S/C22H25FN2O3S/c1-15-4-5-16(13-18(15)23)14-24-22(28)17-8-10-25(11-9-17)21(27)7-6-19(26)20-3-2-12-29-20/h2-5,12-13,17H,6-11,14H2,1H3,(H,24,28). The van der Waals surface area contributed by atoms with Gasteiger partial charge in [-0.25, -0.2) is 4.39 Å². The van der Waals surface area contributed by atoms with Crippen LogP contribution in [0.1, 0.15) is 46.5 Å². The summed E-state index contributed by atoms with van der Waals surface area (Å²) in [7, 11) is 0. The van der Waals surface area contributed by atoms with Gasteiger partial charge in [0, 0.05) is 38.4 Å². The van der Waals surface area contributed by atoms with E-state index in [-0.39, 0.29) is 42.2 Å². The fourth-order valence-electron chi connectivity index (χ4n) is 3.41. The number of Topliss-reactive ketones (excluding diaryl/α,β-unsaturated/α-hetero) is 1. The summed E-state index contributed by atoms with van der Waals surface area (Å²) in [6.07, 6.45) is 1.61. The summed E-state index contributed by atoms with van der Waals surface area (Å²) in [6, 6.07) is 8.54. The van der Waals surface area contributed by atoms with Gasteiger partial charge in [-0.05, 0) is 48.4 Å². The number of thiophene rings is 1. The lowest BCUT2D eigenvalue weighted by Gasteiger charge is -2.31. The van der Waals surface area contributed by atoms with Crippen molar-refractivity contribution in [1.29, 1.82) is 0 Å². The summed E-state index contributed by atoms with van der Waals surface area (Å²) < 4.78 is 13.6. The largest absolute Gasteiger partial charge is 0.352 e. The average Bonchev–Trinajstić information content (AvgIpc) is 3.27. The summed E-state index contributed by atoms with van der Waals surface area (Å²) in [5, 5.41) is 4.71. The topological polar surface area (TPSA) is 66.5 Å². The highest BCUT2D eigenvalue weighted by Gasteiger charge is 2.27. The molecule has 1 aliphatic heterocycles. The van der Waals surface area contributed by atoms with Gasteiger partial charge >= 0.3 is 0 Å². The molecule has 1 saturated heterocycles. The van der Waals surface area contributed by atoms with Crippen LogP contribution in [0.2, 0.25) is 0 Å². The number of aryl methyl sites for hydroxylation is 1. The van der Waals surface area contributed by atoms with Crippen molar-refractivity contribution >= 4 is 28.9 Å². The van der Waals surface area contributed by atoms with E-state index in [0.717, 1.165) is 5.56 Å². The van der Waals surface area contributed by atoms with E-state index >= 15 is 0 Å². The van der Waals surface area contributed by atoms with Gasteiger partial charge in [0.05, 0.1) is 4.88 Å². The van der Waals surface area contributed by atoms with E-state index in [0.29, 0.717) is 42.9 Å². The molecular weight excluding hydrogens is 391 g/mol. The minimum absolute atomic E-state index is 0.00448. The number of likely N-dealkylation sites (tertiary alicyclic amines) is 1. The number of ketones is 1. The van der Waals surface area contributed by atoms with Crippen LogP contribution < -0.4 is 5.32 Å². The Bertz CT molecular complexity index is 874. The number of carbonyl (C=O) groups excluding carboxylic acids is 3. The van der Waals surface area contributed by atoms with Crippen molar-refractivity contribution in [3.05, 3.63) is 57.5 Å². The van der Waals surface area contributed by atoms with E-state index in [1.807, 2.05) is 11.4 Å². The molecule has 0 radical (unpaired) electrons. The van der Waals surface area contributed by atoms with Gasteiger partial charge in [0.2, 0.25) is 11.8 Å². The van der Waals surface area contributed by atoms with Gasteiger partial charge in [0.25, 0.3) is 0 Å². The SMILES string of the molecule is Cc1ccc(CNC(=O)C2CCN(C(=O)CCC(=O)c3cccs3)CC2)cc1F. The Balaban J connectivity index is 1.39. The molecule has 29 heavy (non-hydrogen) atoms. The molecule has 0 spiro atoms. The van der Waals surface area contributed by atoms with Crippen LogP contribution in [0.25, 0.3) is 0 Å². The number of nitrogens with one attached hydrogen (secondary N) is 1. The van der Waals surface area contributed by atoms with Crippen molar-refractivity contribution in [2.75, 3.05) is 13.1 Å². The first-order chi connectivity index (χ1) is 13.9. The molecule has 5 nitrogen and oxygen atoms in total. The Labute approximate surface area is 173 Å². The maximum Gasteiger partial charge on any atom is 0.223 e. The summed E-state index contributed by atoms with van der Waals surface area (Å²) in [5.41, 5.74) is 1.30. The van der Waals surface area contributed by atoms with Crippen LogP contribution >= 0.6 is 11.3 Å². The van der Waals surface area contributed by atoms with Gasteiger partial charge in [-0.3, -0.25) is 14.4 Å². The quantitative estimate of drug-likeness (QED) is 0.700. The normalized spacial score (nSPS) is 14.6. The summed E-state index contributed by atoms with van der Waals surface area (Å²) in [5.74, 6) is -0.534. The molecule has 1 aromatic carbocycles. The lowest BCUT2D eigenvalue weighted by atomic mass is 9.95. The maximum atomic E-state index is 13.6. The predicted octanol–water partition coefficient (Wildman–Crippen LogP) is 3.71. The average molecular weight is 417 g/mol. The smallest absolute Gasteiger partial charge is 0.223 e. The van der Waals surface area contributed by atoms with Crippen LogP contribution in [0.5, 0.6) is 0 Å². The second kappa shape index (κ2) is 9.78. The highest BCUT2D eigenvalue weighted by molar-refractivity contribution is 7.12. The third-order valence-electron chi connectivity index (χ3n) is 5.28. The highest BCUT2D eigenvalue weighted by atomic mass is 32.1. The number of piperidine rings is 1. The third kappa shape index (κ3) is 5.73. The number of carbonyl (C=O) groups is 3. The van der Waals surface area contributed by atoms with Crippen LogP contribution in [-0.2, 0) is 16.1 Å². The van der Waals surface area contributed by atoms with Crippen molar-refractivity contribution in [1.82, 2.24) is 10.2 Å². The van der Waals surface area contributed by atoms with E-state index in [9.17, 15) is 18.8 Å². The number of rotatable bonds is 7. The third-order valence-corrected chi connectivity index (χ3v) is 6.19. The molecule has 1 aliphatic rings. The van der Waals surface area contributed by atoms with Crippen LogP contribution in [-0.4, -0.2) is 35.6 Å². The second-order valence-corrected chi connectivity index (χ2v) is 8.30. The molecule has 1 N–H and O–H groups in total. The number of halogens is 1. The van der Waals surface area contributed by atoms with Crippen LogP contribution in [0.4, 0.5) is 4.39 Å². The van der Waals surface area contributed by atoms with Crippen molar-refractivity contribution in [2.45, 2.75) is 39.2 Å². The van der Waals surface area contributed by atoms with Crippen LogP contribution in [0.15, 0.2) is 35.7 Å². The number of nitrogens with zero attached hydrogens (tertiary/aromatic N) is 1. The number of hydrogen-bond donors (Lipinski definition) is 1. The summed E-state index contributed by atoms with van der Waals surface area (Å²) in [6.45, 7) is 3.03. The van der Waals surface area contributed by atoms with Gasteiger partial charge in [-0.1, -0.05) is 18.2 Å². The maximum absolute atomic E-state index is 13.6. The Morgan fingerprint density at radius 2 is 1.93 bits per heavy atom. The molecule has 2 heterocycles. The second-order valence-electron chi connectivity index (χ2n) is 7.36. The molecule has 2 aromatic rings. The molecule has 0 saturated carbocycles. The zero-order chi connectivity index (χ0) is 20.8. The van der Waals surface area contributed by atoms with Crippen molar-refractivity contribution in [3.8, 4) is 0 Å². The van der Waals surface area contributed by atoms with Gasteiger partial charge in [0.1, 0.15) is 5.82 Å². The molecule has 0 atom stereocenters. The fraction of sp³-hybridized carbons (Fsp3) is 0.409. The van der Waals surface area contributed by atoms with E-state index in [1.54, 1.807) is 30.0 Å². The number of hydrogen-bond acceptors (Lipinski definition) is 4. The lowest BCUT2D eigenvalue weighted by Crippen LogP contribution is -2.43. The minimum atomic E-state index is -0.277. The van der Waals surface area contributed by atoms with Crippen molar-refractivity contribution in [3.63, 3.8) is 0 Å². The van der Waals surface area contributed by atoms with E-state index in [2.05, 4.69) is 5.32 Å².